The van der Waals surface area contributed by atoms with Crippen molar-refractivity contribution in [1.82, 2.24) is 9.55 Å². The third-order valence-electron chi connectivity index (χ3n) is 2.95. The lowest BCUT2D eigenvalue weighted by Crippen LogP contribution is -2.23. The molecule has 2 N–H and O–H groups in total. The fourth-order valence-electron chi connectivity index (χ4n) is 1.87. The maximum Gasteiger partial charge on any atom is 0.102 e. The lowest BCUT2D eigenvalue weighted by atomic mass is 10.1. The van der Waals surface area contributed by atoms with Gasteiger partial charge in [-0.3, -0.25) is 0 Å². The van der Waals surface area contributed by atoms with Gasteiger partial charge in [0.25, 0.3) is 0 Å². The van der Waals surface area contributed by atoms with Gasteiger partial charge in [-0.1, -0.05) is 29.3 Å². The number of aromatic nitrogens is 2. The number of rotatable bonds is 7. The van der Waals surface area contributed by atoms with Crippen LogP contribution in [-0.4, -0.2) is 39.1 Å². The second kappa shape index (κ2) is 7.77. The number of benzene rings is 1. The third kappa shape index (κ3) is 4.69. The van der Waals surface area contributed by atoms with E-state index in [1.54, 1.807) is 30.7 Å². The van der Waals surface area contributed by atoms with E-state index in [1.807, 2.05) is 10.8 Å². The van der Waals surface area contributed by atoms with Crippen LogP contribution in [0.3, 0.4) is 0 Å². The molecule has 0 saturated carbocycles. The minimum atomic E-state index is -0.929. The SMILES string of the molecule is OCC(O)COC(Cn1ccnc1)c1ccc(Cl)cc1Cl. The molecule has 0 aliphatic rings. The summed E-state index contributed by atoms with van der Waals surface area (Å²) in [6.07, 6.45) is 3.83. The highest BCUT2D eigenvalue weighted by molar-refractivity contribution is 6.35. The van der Waals surface area contributed by atoms with Crippen molar-refractivity contribution < 1.29 is 14.9 Å². The van der Waals surface area contributed by atoms with Crippen molar-refractivity contribution >= 4 is 23.2 Å². The third-order valence-corrected chi connectivity index (χ3v) is 3.51. The smallest absolute Gasteiger partial charge is 0.102 e. The van der Waals surface area contributed by atoms with Crippen molar-refractivity contribution in [2.45, 2.75) is 18.8 Å². The molecule has 1 heterocycles. The predicted molar refractivity (Wildman–Crippen MR) is 80.5 cm³/mol. The Morgan fingerprint density at radius 3 is 2.76 bits per heavy atom. The van der Waals surface area contributed by atoms with Crippen molar-refractivity contribution in [3.8, 4) is 0 Å². The maximum absolute atomic E-state index is 9.44. The largest absolute Gasteiger partial charge is 0.394 e. The number of hydrogen-bond donors (Lipinski definition) is 2. The molecule has 114 valence electrons. The molecule has 0 radical (unpaired) electrons. The van der Waals surface area contributed by atoms with Crippen LogP contribution in [0, 0.1) is 0 Å². The van der Waals surface area contributed by atoms with Crippen molar-refractivity contribution in [2.24, 2.45) is 0 Å². The summed E-state index contributed by atoms with van der Waals surface area (Å²) >= 11 is 12.1. The van der Waals surface area contributed by atoms with Crippen molar-refractivity contribution in [3.05, 3.63) is 52.5 Å². The van der Waals surface area contributed by atoms with Gasteiger partial charge in [-0.25, -0.2) is 4.98 Å². The Kier molecular flexibility index (Phi) is 6.02. The molecular formula is C14H16Cl2N2O3. The molecule has 0 amide bonds. The van der Waals surface area contributed by atoms with Crippen molar-refractivity contribution in [3.63, 3.8) is 0 Å². The summed E-state index contributed by atoms with van der Waals surface area (Å²) in [6.45, 7) is 0.139. The van der Waals surface area contributed by atoms with E-state index in [9.17, 15) is 5.11 Å². The first-order chi connectivity index (χ1) is 10.1. The summed E-state index contributed by atoms with van der Waals surface area (Å²) in [4.78, 5) is 3.98. The maximum atomic E-state index is 9.44. The molecular weight excluding hydrogens is 315 g/mol. The van der Waals surface area contributed by atoms with Crippen LogP contribution in [-0.2, 0) is 11.3 Å². The first-order valence-electron chi connectivity index (χ1n) is 6.41. The molecule has 1 aromatic heterocycles. The van der Waals surface area contributed by atoms with E-state index in [1.165, 1.54) is 0 Å². The number of aliphatic hydroxyl groups excluding tert-OH is 2. The van der Waals surface area contributed by atoms with Crippen LogP contribution in [0.4, 0.5) is 0 Å². The minimum absolute atomic E-state index is 0.00875. The van der Waals surface area contributed by atoms with Gasteiger partial charge in [0, 0.05) is 28.0 Å². The van der Waals surface area contributed by atoms with Crippen LogP contribution in [0.15, 0.2) is 36.9 Å². The molecule has 2 aromatic rings. The number of imidazole rings is 1. The molecule has 0 spiro atoms. The molecule has 0 aliphatic carbocycles. The van der Waals surface area contributed by atoms with E-state index < -0.39 is 6.10 Å². The van der Waals surface area contributed by atoms with Gasteiger partial charge < -0.3 is 19.5 Å². The van der Waals surface area contributed by atoms with Gasteiger partial charge in [0.05, 0.1) is 26.1 Å². The van der Waals surface area contributed by atoms with E-state index in [0.717, 1.165) is 5.56 Å². The molecule has 2 atom stereocenters. The standard InChI is InChI=1S/C14H16Cl2N2O3/c15-10-1-2-12(13(16)5-10)14(21-8-11(20)7-19)6-18-4-3-17-9-18/h1-5,9,11,14,19-20H,6-8H2. The molecule has 0 fully saturated rings. The monoisotopic (exact) mass is 330 g/mol. The van der Waals surface area contributed by atoms with Crippen LogP contribution >= 0.6 is 23.2 Å². The molecule has 0 bridgehead atoms. The first-order valence-corrected chi connectivity index (χ1v) is 7.17. The van der Waals surface area contributed by atoms with Crippen LogP contribution in [0.1, 0.15) is 11.7 Å². The molecule has 2 rings (SSSR count). The molecule has 2 unspecified atom stereocenters. The van der Waals surface area contributed by atoms with Gasteiger partial charge in [0.1, 0.15) is 12.2 Å². The molecule has 0 saturated heterocycles. The summed E-state index contributed by atoms with van der Waals surface area (Å²) < 4.78 is 7.54. The van der Waals surface area contributed by atoms with E-state index in [2.05, 4.69) is 4.98 Å². The Morgan fingerprint density at radius 1 is 1.33 bits per heavy atom. The highest BCUT2D eigenvalue weighted by Gasteiger charge is 2.18. The van der Waals surface area contributed by atoms with E-state index in [-0.39, 0.29) is 19.3 Å². The average molecular weight is 331 g/mol. The lowest BCUT2D eigenvalue weighted by molar-refractivity contribution is -0.0351. The molecule has 5 nitrogen and oxygen atoms in total. The highest BCUT2D eigenvalue weighted by Crippen LogP contribution is 2.29. The average Bonchev–Trinajstić information content (AvgIpc) is 2.96. The molecule has 7 heteroatoms. The van der Waals surface area contributed by atoms with Gasteiger partial charge in [0.15, 0.2) is 0 Å². The Balaban J connectivity index is 2.17. The van der Waals surface area contributed by atoms with Gasteiger partial charge >= 0.3 is 0 Å². The zero-order valence-corrected chi connectivity index (χ0v) is 12.7. The molecule has 21 heavy (non-hydrogen) atoms. The summed E-state index contributed by atoms with van der Waals surface area (Å²) in [7, 11) is 0. The van der Waals surface area contributed by atoms with E-state index in [4.69, 9.17) is 33.0 Å². The minimum Gasteiger partial charge on any atom is -0.394 e. The topological polar surface area (TPSA) is 67.5 Å². The number of hydrogen-bond acceptors (Lipinski definition) is 4. The zero-order chi connectivity index (χ0) is 15.2. The number of halogens is 2. The summed E-state index contributed by atoms with van der Waals surface area (Å²) in [5.41, 5.74) is 0.764. The van der Waals surface area contributed by atoms with Crippen molar-refractivity contribution in [1.29, 1.82) is 0 Å². The normalized spacial score (nSPS) is 14.1. The van der Waals surface area contributed by atoms with Crippen LogP contribution < -0.4 is 0 Å². The second-order valence-corrected chi connectivity index (χ2v) is 5.43. The quantitative estimate of drug-likeness (QED) is 0.817. The first kappa shape index (κ1) is 16.3. The van der Waals surface area contributed by atoms with Crippen molar-refractivity contribution in [2.75, 3.05) is 13.2 Å². The van der Waals surface area contributed by atoms with Gasteiger partial charge in [-0.2, -0.15) is 0 Å². The molecule has 1 aromatic carbocycles. The summed E-state index contributed by atoms with van der Waals surface area (Å²) in [6, 6.07) is 5.16. The lowest BCUT2D eigenvalue weighted by Gasteiger charge is -2.21. The fraction of sp³-hybridized carbons (Fsp3) is 0.357. The summed E-state index contributed by atoms with van der Waals surface area (Å²) in [5.74, 6) is 0. The molecule has 0 aliphatic heterocycles. The Morgan fingerprint density at radius 2 is 2.14 bits per heavy atom. The Labute approximate surface area is 132 Å². The zero-order valence-electron chi connectivity index (χ0n) is 11.2. The van der Waals surface area contributed by atoms with Crippen LogP contribution in [0.2, 0.25) is 10.0 Å². The van der Waals surface area contributed by atoms with E-state index in [0.29, 0.717) is 16.6 Å². The highest BCUT2D eigenvalue weighted by atomic mass is 35.5. The van der Waals surface area contributed by atoms with Gasteiger partial charge in [0.2, 0.25) is 0 Å². The fourth-order valence-corrected chi connectivity index (χ4v) is 2.40. The van der Waals surface area contributed by atoms with Gasteiger partial charge in [-0.05, 0) is 12.1 Å². The number of aliphatic hydroxyl groups is 2. The second-order valence-electron chi connectivity index (χ2n) is 4.58. The number of ether oxygens (including phenoxy) is 1. The van der Waals surface area contributed by atoms with Crippen LogP contribution in [0.5, 0.6) is 0 Å². The Bertz CT molecular complexity index is 563. The number of nitrogens with zero attached hydrogens (tertiary/aromatic N) is 2. The summed E-state index contributed by atoms with van der Waals surface area (Å²) in [5, 5.41) is 19.4. The van der Waals surface area contributed by atoms with E-state index >= 15 is 0 Å². The Hall–Kier alpha value is -1.11. The van der Waals surface area contributed by atoms with Crippen LogP contribution in [0.25, 0.3) is 0 Å². The predicted octanol–water partition coefficient (Wildman–Crippen LogP) is 2.30. The van der Waals surface area contributed by atoms with Gasteiger partial charge in [-0.15, -0.1) is 0 Å².